The smallest absolute Gasteiger partial charge is 0.335 e. The lowest BCUT2D eigenvalue weighted by Gasteiger charge is -2.28. The minimum atomic E-state index is -1.09. The Kier molecular flexibility index (Phi) is 6.04. The van der Waals surface area contributed by atoms with Crippen molar-refractivity contribution in [2.24, 2.45) is 0 Å². The molecule has 2 N–H and O–H groups in total. The molecule has 0 spiro atoms. The second-order valence-electron chi connectivity index (χ2n) is 6.20. The molecule has 0 bridgehead atoms. The number of amides is 1. The van der Waals surface area contributed by atoms with Crippen LogP contribution in [0.2, 0.25) is 0 Å². The Balaban J connectivity index is 1.72. The minimum absolute atomic E-state index is 0.0546. The first kappa shape index (κ1) is 19.1. The van der Waals surface area contributed by atoms with E-state index in [4.69, 9.17) is 9.84 Å². The van der Waals surface area contributed by atoms with Gasteiger partial charge in [0.05, 0.1) is 18.8 Å². The van der Waals surface area contributed by atoms with Gasteiger partial charge in [0.1, 0.15) is 11.6 Å². The van der Waals surface area contributed by atoms with E-state index < -0.39 is 11.9 Å². The molecule has 0 atom stereocenters. The molecule has 2 aromatic rings. The number of anilines is 2. The van der Waals surface area contributed by atoms with Gasteiger partial charge < -0.3 is 20.1 Å². The van der Waals surface area contributed by atoms with Crippen molar-refractivity contribution >= 4 is 29.3 Å². The molecule has 0 aliphatic carbocycles. The lowest BCUT2D eigenvalue weighted by atomic mass is 10.1. The molecule has 0 aromatic heterocycles. The molecule has 1 aliphatic rings. The number of rotatable bonds is 5. The lowest BCUT2D eigenvalue weighted by molar-refractivity contribution is -0.112. The van der Waals surface area contributed by atoms with Crippen LogP contribution >= 0.6 is 0 Å². The zero-order valence-electron chi connectivity index (χ0n) is 15.1. The first-order chi connectivity index (χ1) is 13.6. The highest BCUT2D eigenvalue weighted by molar-refractivity contribution is 6.10. The monoisotopic (exact) mass is 377 g/mol. The Morgan fingerprint density at radius 1 is 1.14 bits per heavy atom. The van der Waals surface area contributed by atoms with Gasteiger partial charge >= 0.3 is 5.97 Å². The molecule has 1 amide bonds. The van der Waals surface area contributed by atoms with Gasteiger partial charge in [-0.2, -0.15) is 5.26 Å². The zero-order chi connectivity index (χ0) is 19.9. The number of carbonyl (C=O) groups is 2. The van der Waals surface area contributed by atoms with Crippen LogP contribution in [0, 0.1) is 11.3 Å². The SMILES string of the molecule is N#C/C(=C/c1ccc(N2CCOCC2)cc1)C(=O)Nc1cccc(C(=O)O)c1. The number of ether oxygens (including phenoxy) is 1. The van der Waals surface area contributed by atoms with Gasteiger partial charge in [-0.1, -0.05) is 18.2 Å². The summed E-state index contributed by atoms with van der Waals surface area (Å²) in [6, 6.07) is 15.3. The van der Waals surface area contributed by atoms with Gasteiger partial charge in [0, 0.05) is 24.5 Å². The molecular weight excluding hydrogens is 358 g/mol. The molecule has 0 radical (unpaired) electrons. The number of carbonyl (C=O) groups excluding carboxylic acids is 1. The summed E-state index contributed by atoms with van der Waals surface area (Å²) in [6.45, 7) is 3.06. The molecule has 7 nitrogen and oxygen atoms in total. The quantitative estimate of drug-likeness (QED) is 0.614. The number of benzene rings is 2. The van der Waals surface area contributed by atoms with Crippen molar-refractivity contribution in [1.29, 1.82) is 5.26 Å². The summed E-state index contributed by atoms with van der Waals surface area (Å²) in [7, 11) is 0. The van der Waals surface area contributed by atoms with Crippen molar-refractivity contribution in [3.63, 3.8) is 0 Å². The van der Waals surface area contributed by atoms with Crippen LogP contribution in [0.25, 0.3) is 6.08 Å². The third kappa shape index (κ3) is 4.75. The van der Waals surface area contributed by atoms with Crippen LogP contribution in [0.5, 0.6) is 0 Å². The van der Waals surface area contributed by atoms with E-state index in [9.17, 15) is 14.9 Å². The first-order valence-electron chi connectivity index (χ1n) is 8.76. The van der Waals surface area contributed by atoms with Gasteiger partial charge in [-0.05, 0) is 42.0 Å². The predicted octanol–water partition coefficient (Wildman–Crippen LogP) is 2.77. The van der Waals surface area contributed by atoms with Gasteiger partial charge in [-0.15, -0.1) is 0 Å². The van der Waals surface area contributed by atoms with Crippen molar-refractivity contribution in [2.75, 3.05) is 36.5 Å². The normalized spacial score (nSPS) is 14.2. The molecule has 1 aliphatic heterocycles. The third-order valence-corrected chi connectivity index (χ3v) is 4.31. The summed E-state index contributed by atoms with van der Waals surface area (Å²) in [6.07, 6.45) is 1.50. The first-order valence-corrected chi connectivity index (χ1v) is 8.76. The third-order valence-electron chi connectivity index (χ3n) is 4.31. The average molecular weight is 377 g/mol. The van der Waals surface area contributed by atoms with Crippen molar-refractivity contribution in [3.8, 4) is 6.07 Å². The minimum Gasteiger partial charge on any atom is -0.478 e. The van der Waals surface area contributed by atoms with Crippen molar-refractivity contribution in [3.05, 3.63) is 65.2 Å². The molecule has 1 fully saturated rings. The highest BCUT2D eigenvalue weighted by atomic mass is 16.5. The predicted molar refractivity (Wildman–Crippen MR) is 105 cm³/mol. The summed E-state index contributed by atoms with van der Waals surface area (Å²) in [5, 5.41) is 20.9. The maximum absolute atomic E-state index is 12.4. The summed E-state index contributed by atoms with van der Waals surface area (Å²) in [5.74, 6) is -1.69. The van der Waals surface area contributed by atoms with Crippen LogP contribution in [0.1, 0.15) is 15.9 Å². The number of nitriles is 1. The molecule has 142 valence electrons. The zero-order valence-corrected chi connectivity index (χ0v) is 15.1. The Bertz CT molecular complexity index is 939. The molecule has 2 aromatic carbocycles. The number of hydrogen-bond acceptors (Lipinski definition) is 5. The van der Waals surface area contributed by atoms with Crippen LogP contribution in [0.15, 0.2) is 54.1 Å². The largest absolute Gasteiger partial charge is 0.478 e. The van der Waals surface area contributed by atoms with E-state index in [2.05, 4.69) is 10.2 Å². The number of nitrogens with one attached hydrogen (secondary N) is 1. The fourth-order valence-corrected chi connectivity index (χ4v) is 2.85. The molecule has 0 saturated carbocycles. The number of aromatic carboxylic acids is 1. The Hall–Kier alpha value is -3.63. The number of morpholine rings is 1. The molecule has 1 saturated heterocycles. The number of carboxylic acid groups (broad SMARTS) is 1. The van der Waals surface area contributed by atoms with E-state index in [1.54, 1.807) is 6.07 Å². The van der Waals surface area contributed by atoms with Crippen LogP contribution in [-0.2, 0) is 9.53 Å². The molecular formula is C21H19N3O4. The molecule has 28 heavy (non-hydrogen) atoms. The van der Waals surface area contributed by atoms with Crippen LogP contribution in [-0.4, -0.2) is 43.3 Å². The highest BCUT2D eigenvalue weighted by Gasteiger charge is 2.13. The van der Waals surface area contributed by atoms with E-state index in [1.165, 1.54) is 24.3 Å². The number of hydrogen-bond donors (Lipinski definition) is 2. The Labute approximate surface area is 162 Å². The number of carboxylic acids is 1. The fraction of sp³-hybridized carbons (Fsp3) is 0.190. The van der Waals surface area contributed by atoms with Crippen LogP contribution in [0.3, 0.4) is 0 Å². The summed E-state index contributed by atoms with van der Waals surface area (Å²) in [5.41, 5.74) is 2.09. The standard InChI is InChI=1S/C21H19N3O4/c22-14-17(20(25)23-18-3-1-2-16(13-18)21(26)27)12-15-4-6-19(7-5-15)24-8-10-28-11-9-24/h1-7,12-13H,8-11H2,(H,23,25)(H,26,27)/b17-12-. The van der Waals surface area contributed by atoms with E-state index in [0.29, 0.717) is 18.9 Å². The van der Waals surface area contributed by atoms with Gasteiger partial charge in [0.25, 0.3) is 5.91 Å². The van der Waals surface area contributed by atoms with Gasteiger partial charge in [-0.3, -0.25) is 4.79 Å². The molecule has 0 unspecified atom stereocenters. The Morgan fingerprint density at radius 2 is 1.86 bits per heavy atom. The molecule has 3 rings (SSSR count). The number of nitrogens with zero attached hydrogens (tertiary/aromatic N) is 2. The Morgan fingerprint density at radius 3 is 2.50 bits per heavy atom. The van der Waals surface area contributed by atoms with Gasteiger partial charge in [0.15, 0.2) is 0 Å². The maximum Gasteiger partial charge on any atom is 0.335 e. The topological polar surface area (TPSA) is 103 Å². The second kappa shape index (κ2) is 8.84. The summed E-state index contributed by atoms with van der Waals surface area (Å²) < 4.78 is 5.34. The van der Waals surface area contributed by atoms with E-state index in [1.807, 2.05) is 30.3 Å². The van der Waals surface area contributed by atoms with E-state index >= 15 is 0 Å². The van der Waals surface area contributed by atoms with Gasteiger partial charge in [0.2, 0.25) is 0 Å². The fourth-order valence-electron chi connectivity index (χ4n) is 2.85. The highest BCUT2D eigenvalue weighted by Crippen LogP contribution is 2.19. The summed E-state index contributed by atoms with van der Waals surface area (Å²) >= 11 is 0. The van der Waals surface area contributed by atoms with Crippen molar-refractivity contribution in [2.45, 2.75) is 0 Å². The van der Waals surface area contributed by atoms with Crippen molar-refractivity contribution < 1.29 is 19.4 Å². The van der Waals surface area contributed by atoms with Gasteiger partial charge in [-0.25, -0.2) is 4.79 Å². The van der Waals surface area contributed by atoms with Crippen LogP contribution < -0.4 is 10.2 Å². The van der Waals surface area contributed by atoms with E-state index in [0.717, 1.165) is 24.3 Å². The summed E-state index contributed by atoms with van der Waals surface area (Å²) in [4.78, 5) is 25.6. The maximum atomic E-state index is 12.4. The van der Waals surface area contributed by atoms with E-state index in [-0.39, 0.29) is 11.1 Å². The molecule has 1 heterocycles. The lowest BCUT2D eigenvalue weighted by Crippen LogP contribution is -2.36. The van der Waals surface area contributed by atoms with Crippen LogP contribution in [0.4, 0.5) is 11.4 Å². The van der Waals surface area contributed by atoms with Crippen molar-refractivity contribution in [1.82, 2.24) is 0 Å². The molecule has 7 heteroatoms. The average Bonchev–Trinajstić information content (AvgIpc) is 2.73. The second-order valence-corrected chi connectivity index (χ2v) is 6.20.